The van der Waals surface area contributed by atoms with Crippen LogP contribution in [0.5, 0.6) is 0 Å². The molecule has 1 aliphatic rings. The molecule has 184 valence electrons. The number of carbonyl (C=O) groups is 2. The molecule has 1 N–H and O–H groups in total. The zero-order valence-electron chi connectivity index (χ0n) is 19.8. The monoisotopic (exact) mass is 507 g/mol. The van der Waals surface area contributed by atoms with Crippen molar-refractivity contribution in [3.05, 3.63) is 69.7 Å². The van der Waals surface area contributed by atoms with E-state index in [-0.39, 0.29) is 25.0 Å². The Labute approximate surface area is 210 Å². The topological polar surface area (TPSA) is 76.1 Å². The van der Waals surface area contributed by atoms with Gasteiger partial charge in [0.15, 0.2) is 0 Å². The van der Waals surface area contributed by atoms with E-state index in [0.29, 0.717) is 16.5 Å². The molecule has 2 aromatic rings. The van der Waals surface area contributed by atoms with Gasteiger partial charge in [-0.2, -0.15) is 0 Å². The third kappa shape index (κ3) is 6.51. The number of hydrogen-bond donors (Lipinski definition) is 1. The molecule has 0 saturated carbocycles. The number of aliphatic hydroxyl groups excluding tert-OH is 1. The van der Waals surface area contributed by atoms with Gasteiger partial charge in [-0.3, -0.25) is 9.59 Å². The number of aliphatic hydroxyl groups is 1. The number of ether oxygens (including phenoxy) is 2. The number of rotatable bonds is 7. The van der Waals surface area contributed by atoms with Gasteiger partial charge in [0.2, 0.25) is 0 Å². The predicted octanol–water partition coefficient (Wildman–Crippen LogP) is 5.51. The van der Waals surface area contributed by atoms with Crippen LogP contribution >= 0.6 is 23.2 Å². The lowest BCUT2D eigenvalue weighted by Gasteiger charge is -2.47. The average molecular weight is 508 g/mol. The molecule has 1 amide bonds. The number of carbonyl (C=O) groups excluding carboxylic acids is 2. The molecular formula is C26H31Cl2NO5. The minimum absolute atomic E-state index is 0.0856. The Hall–Kier alpha value is -2.12. The average Bonchev–Trinajstić information content (AvgIpc) is 2.74. The number of morpholine rings is 1. The van der Waals surface area contributed by atoms with E-state index in [1.54, 1.807) is 49.9 Å². The maximum Gasteiger partial charge on any atom is 0.309 e. The van der Waals surface area contributed by atoms with Crippen molar-refractivity contribution >= 4 is 35.1 Å². The minimum Gasteiger partial charge on any atom is -0.460 e. The zero-order valence-corrected chi connectivity index (χ0v) is 21.3. The lowest BCUT2D eigenvalue weighted by molar-refractivity contribution is -0.186. The zero-order chi connectivity index (χ0) is 25.0. The second kappa shape index (κ2) is 11.1. The summed E-state index contributed by atoms with van der Waals surface area (Å²) in [5.74, 6) is -0.847. The molecule has 4 atom stereocenters. The molecule has 3 rings (SSSR count). The van der Waals surface area contributed by atoms with Crippen LogP contribution in [-0.2, 0) is 19.1 Å². The van der Waals surface area contributed by atoms with E-state index >= 15 is 0 Å². The maximum absolute atomic E-state index is 13.7. The molecule has 1 fully saturated rings. The lowest BCUT2D eigenvalue weighted by Crippen LogP contribution is -2.54. The van der Waals surface area contributed by atoms with Gasteiger partial charge in [-0.25, -0.2) is 0 Å². The van der Waals surface area contributed by atoms with E-state index in [1.165, 1.54) is 0 Å². The van der Waals surface area contributed by atoms with Crippen LogP contribution in [-0.4, -0.2) is 46.2 Å². The summed E-state index contributed by atoms with van der Waals surface area (Å²) < 4.78 is 11.8. The smallest absolute Gasteiger partial charge is 0.309 e. The lowest BCUT2D eigenvalue weighted by atomic mass is 9.89. The molecule has 0 radical (unpaired) electrons. The Bertz CT molecular complexity index is 1000. The number of esters is 1. The Morgan fingerprint density at radius 1 is 1.12 bits per heavy atom. The summed E-state index contributed by atoms with van der Waals surface area (Å²) in [7, 11) is 0. The molecule has 0 unspecified atom stereocenters. The molecule has 1 saturated heterocycles. The molecule has 1 heterocycles. The van der Waals surface area contributed by atoms with Crippen molar-refractivity contribution in [3.63, 3.8) is 0 Å². The van der Waals surface area contributed by atoms with Crippen LogP contribution in [0.1, 0.15) is 63.8 Å². The van der Waals surface area contributed by atoms with Crippen LogP contribution in [0, 0.1) is 0 Å². The standard InChI is InChI=1S/C26H31Cl2NO5/c1-16(12-13-30)29-23(17-8-10-19(27)11-9-17)24(18-6-5-7-20(28)14-18)33-21(25(29)32)15-22(31)34-26(2,3)4/h5-11,14,16,21,23-24,30H,12-13,15H2,1-4H3/t16-,21+,23+,24+/m0/s1. The molecule has 34 heavy (non-hydrogen) atoms. The van der Waals surface area contributed by atoms with E-state index in [9.17, 15) is 14.7 Å². The maximum atomic E-state index is 13.7. The van der Waals surface area contributed by atoms with Crippen molar-refractivity contribution in [1.82, 2.24) is 4.90 Å². The van der Waals surface area contributed by atoms with Gasteiger partial charge in [0.1, 0.15) is 17.8 Å². The highest BCUT2D eigenvalue weighted by Gasteiger charge is 2.46. The number of amides is 1. The summed E-state index contributed by atoms with van der Waals surface area (Å²) >= 11 is 12.4. The van der Waals surface area contributed by atoms with Crippen molar-refractivity contribution in [1.29, 1.82) is 0 Å². The summed E-state index contributed by atoms with van der Waals surface area (Å²) in [6.07, 6.45) is -1.49. The second-order valence-corrected chi connectivity index (χ2v) is 10.4. The highest BCUT2D eigenvalue weighted by Crippen LogP contribution is 2.44. The van der Waals surface area contributed by atoms with Crippen LogP contribution in [0.4, 0.5) is 0 Å². The Morgan fingerprint density at radius 3 is 2.38 bits per heavy atom. The molecule has 8 heteroatoms. The quantitative estimate of drug-likeness (QED) is 0.500. The van der Waals surface area contributed by atoms with Gasteiger partial charge in [-0.05, 0) is 69.5 Å². The fourth-order valence-electron chi connectivity index (χ4n) is 4.19. The first kappa shape index (κ1) is 26.5. The fraction of sp³-hybridized carbons (Fsp3) is 0.462. The van der Waals surface area contributed by atoms with Gasteiger partial charge in [0.25, 0.3) is 5.91 Å². The summed E-state index contributed by atoms with van der Waals surface area (Å²) in [6, 6.07) is 13.7. The van der Waals surface area contributed by atoms with Gasteiger partial charge in [0.05, 0.1) is 12.5 Å². The van der Waals surface area contributed by atoms with Crippen LogP contribution in [0.25, 0.3) is 0 Å². The number of halogens is 2. The number of benzene rings is 2. The van der Waals surface area contributed by atoms with E-state index in [4.69, 9.17) is 32.7 Å². The molecule has 0 aliphatic carbocycles. The van der Waals surface area contributed by atoms with Crippen molar-refractivity contribution in [2.45, 2.75) is 70.4 Å². The Kier molecular flexibility index (Phi) is 8.63. The largest absolute Gasteiger partial charge is 0.460 e. The predicted molar refractivity (Wildman–Crippen MR) is 132 cm³/mol. The van der Waals surface area contributed by atoms with Gasteiger partial charge in [0, 0.05) is 22.7 Å². The molecule has 1 aliphatic heterocycles. The summed E-state index contributed by atoms with van der Waals surface area (Å²) in [5.41, 5.74) is 0.912. The highest BCUT2D eigenvalue weighted by molar-refractivity contribution is 6.30. The van der Waals surface area contributed by atoms with E-state index < -0.39 is 29.8 Å². The van der Waals surface area contributed by atoms with E-state index in [0.717, 1.165) is 11.1 Å². The van der Waals surface area contributed by atoms with Gasteiger partial charge in [-0.1, -0.05) is 47.5 Å². The van der Waals surface area contributed by atoms with Crippen molar-refractivity contribution in [2.75, 3.05) is 6.61 Å². The molecule has 0 aromatic heterocycles. The number of hydrogen-bond acceptors (Lipinski definition) is 5. The fourth-order valence-corrected chi connectivity index (χ4v) is 4.51. The SMILES string of the molecule is C[C@@H](CCO)N1C(=O)[C@@H](CC(=O)OC(C)(C)C)O[C@H](c2cccc(Cl)c2)[C@H]1c1ccc(Cl)cc1. The van der Waals surface area contributed by atoms with Gasteiger partial charge < -0.3 is 19.5 Å². The van der Waals surface area contributed by atoms with Crippen LogP contribution in [0.2, 0.25) is 10.0 Å². The minimum atomic E-state index is -1.04. The van der Waals surface area contributed by atoms with Crippen LogP contribution in [0.3, 0.4) is 0 Å². The van der Waals surface area contributed by atoms with E-state index in [2.05, 4.69) is 0 Å². The van der Waals surface area contributed by atoms with Gasteiger partial charge >= 0.3 is 5.97 Å². The summed E-state index contributed by atoms with van der Waals surface area (Å²) in [6.45, 7) is 7.11. The Morgan fingerprint density at radius 2 is 1.79 bits per heavy atom. The first-order valence-corrected chi connectivity index (χ1v) is 12.1. The summed E-state index contributed by atoms with van der Waals surface area (Å²) in [5, 5.41) is 10.7. The molecule has 0 spiro atoms. The third-order valence-electron chi connectivity index (χ3n) is 5.61. The van der Waals surface area contributed by atoms with Crippen molar-refractivity contribution < 1.29 is 24.2 Å². The Balaban J connectivity index is 2.07. The van der Waals surface area contributed by atoms with Crippen molar-refractivity contribution in [3.8, 4) is 0 Å². The summed E-state index contributed by atoms with van der Waals surface area (Å²) in [4.78, 5) is 28.0. The first-order chi connectivity index (χ1) is 16.0. The second-order valence-electron chi connectivity index (χ2n) is 9.49. The van der Waals surface area contributed by atoms with E-state index in [1.807, 2.05) is 31.2 Å². The van der Waals surface area contributed by atoms with Gasteiger partial charge in [-0.15, -0.1) is 0 Å². The van der Waals surface area contributed by atoms with Crippen molar-refractivity contribution in [2.24, 2.45) is 0 Å². The molecule has 0 bridgehead atoms. The first-order valence-electron chi connectivity index (χ1n) is 11.3. The number of nitrogens with zero attached hydrogens (tertiary/aromatic N) is 1. The highest BCUT2D eigenvalue weighted by atomic mass is 35.5. The third-order valence-corrected chi connectivity index (χ3v) is 6.10. The van der Waals surface area contributed by atoms with Crippen LogP contribution in [0.15, 0.2) is 48.5 Å². The molecular weight excluding hydrogens is 477 g/mol. The molecule has 6 nitrogen and oxygen atoms in total. The van der Waals surface area contributed by atoms with Crippen LogP contribution < -0.4 is 0 Å². The molecule has 2 aromatic carbocycles. The normalized spacial score (nSPS) is 21.9.